The molecule has 1 saturated carbocycles. The first kappa shape index (κ1) is 20.4. The van der Waals surface area contributed by atoms with Crippen LogP contribution in [0.2, 0.25) is 5.02 Å². The van der Waals surface area contributed by atoms with Crippen molar-refractivity contribution in [3.05, 3.63) is 89.3 Å². The van der Waals surface area contributed by atoms with Crippen molar-refractivity contribution >= 4 is 23.4 Å². The average molecular weight is 422 g/mol. The summed E-state index contributed by atoms with van der Waals surface area (Å²) in [5, 5.41) is 0.752. The smallest absolute Gasteiger partial charge is 0.119 e. The fourth-order valence-electron chi connectivity index (χ4n) is 3.95. The maximum Gasteiger partial charge on any atom is 0.119 e. The Balaban J connectivity index is 1.50. The minimum atomic E-state index is 0.543. The van der Waals surface area contributed by atoms with Gasteiger partial charge in [0.15, 0.2) is 0 Å². The molecule has 0 N–H and O–H groups in total. The molecule has 4 rings (SSSR count). The second-order valence-corrected chi connectivity index (χ2v) is 8.83. The molecule has 0 aromatic heterocycles. The van der Waals surface area contributed by atoms with E-state index in [0.717, 1.165) is 16.3 Å². The zero-order valence-electron chi connectivity index (χ0n) is 16.7. The molecule has 0 saturated heterocycles. The number of ether oxygens (including phenoxy) is 1. The van der Waals surface area contributed by atoms with E-state index in [0.29, 0.717) is 12.5 Å². The van der Waals surface area contributed by atoms with Crippen LogP contribution in [0.4, 0.5) is 0 Å². The number of rotatable bonds is 6. The summed E-state index contributed by atoms with van der Waals surface area (Å²) in [6.07, 6.45) is 9.74. The minimum absolute atomic E-state index is 0.543. The van der Waals surface area contributed by atoms with E-state index in [1.54, 1.807) is 11.8 Å². The molecule has 0 aliphatic heterocycles. The number of hydrogen-bond acceptors (Lipinski definition) is 2. The Morgan fingerprint density at radius 1 is 0.966 bits per heavy atom. The van der Waals surface area contributed by atoms with Crippen molar-refractivity contribution in [3.8, 4) is 16.9 Å². The van der Waals surface area contributed by atoms with Crippen LogP contribution in [0.3, 0.4) is 0 Å². The van der Waals surface area contributed by atoms with Gasteiger partial charge in [0.2, 0.25) is 0 Å². The van der Waals surface area contributed by atoms with Gasteiger partial charge in [-0.1, -0.05) is 54.8 Å². The maximum absolute atomic E-state index is 6.17. The summed E-state index contributed by atoms with van der Waals surface area (Å²) in [6.45, 7) is 0.543. The molecule has 1 aliphatic rings. The van der Waals surface area contributed by atoms with E-state index in [1.165, 1.54) is 47.3 Å². The van der Waals surface area contributed by atoms with Crippen LogP contribution < -0.4 is 4.74 Å². The van der Waals surface area contributed by atoms with Gasteiger partial charge in [-0.25, -0.2) is 0 Å². The van der Waals surface area contributed by atoms with Gasteiger partial charge in [0.1, 0.15) is 12.4 Å². The summed E-state index contributed by atoms with van der Waals surface area (Å²) in [7, 11) is 0. The molecule has 149 valence electrons. The van der Waals surface area contributed by atoms with Gasteiger partial charge in [-0.05, 0) is 90.1 Å². The molecule has 0 spiro atoms. The molecule has 1 aliphatic carbocycles. The fraction of sp³-hybridized carbons (Fsp3) is 0.269. The number of benzene rings is 3. The minimum Gasteiger partial charge on any atom is -0.489 e. The highest BCUT2D eigenvalue weighted by Gasteiger charge is 2.15. The van der Waals surface area contributed by atoms with E-state index in [-0.39, 0.29) is 0 Å². The summed E-state index contributed by atoms with van der Waals surface area (Å²) in [5.41, 5.74) is 4.93. The van der Waals surface area contributed by atoms with Crippen molar-refractivity contribution in [3.63, 3.8) is 0 Å². The Labute approximate surface area is 183 Å². The molecule has 1 atom stereocenters. The van der Waals surface area contributed by atoms with E-state index in [1.807, 2.05) is 12.1 Å². The number of hydrogen-bond donors (Lipinski definition) is 0. The van der Waals surface area contributed by atoms with E-state index >= 15 is 0 Å². The topological polar surface area (TPSA) is 9.23 Å². The first-order chi connectivity index (χ1) is 14.2. The average Bonchev–Trinajstić information content (AvgIpc) is 2.79. The van der Waals surface area contributed by atoms with Crippen LogP contribution in [0, 0.1) is 6.42 Å². The van der Waals surface area contributed by atoms with Crippen LogP contribution in [-0.2, 0) is 6.61 Å². The second kappa shape index (κ2) is 9.73. The number of halogens is 1. The van der Waals surface area contributed by atoms with Gasteiger partial charge < -0.3 is 4.74 Å². The Morgan fingerprint density at radius 2 is 1.76 bits per heavy atom. The lowest BCUT2D eigenvalue weighted by Crippen LogP contribution is -2.05. The summed E-state index contributed by atoms with van der Waals surface area (Å²) in [5.74, 6) is 1.52. The molecule has 1 unspecified atom stereocenters. The van der Waals surface area contributed by atoms with Gasteiger partial charge >= 0.3 is 0 Å². The lowest BCUT2D eigenvalue weighted by Gasteiger charge is -2.21. The van der Waals surface area contributed by atoms with Crippen molar-refractivity contribution in [2.75, 3.05) is 6.26 Å². The highest BCUT2D eigenvalue weighted by molar-refractivity contribution is 7.98. The lowest BCUT2D eigenvalue weighted by atomic mass is 9.84. The van der Waals surface area contributed by atoms with E-state index in [4.69, 9.17) is 16.3 Å². The third kappa shape index (κ3) is 5.18. The predicted molar refractivity (Wildman–Crippen MR) is 125 cm³/mol. The van der Waals surface area contributed by atoms with Crippen molar-refractivity contribution in [1.82, 2.24) is 0 Å². The molecule has 3 aromatic rings. The first-order valence-corrected chi connectivity index (χ1v) is 11.8. The lowest BCUT2D eigenvalue weighted by molar-refractivity contribution is 0.306. The van der Waals surface area contributed by atoms with Crippen LogP contribution in [0.5, 0.6) is 5.75 Å². The van der Waals surface area contributed by atoms with Gasteiger partial charge in [-0.15, -0.1) is 11.8 Å². The first-order valence-electron chi connectivity index (χ1n) is 10.2. The van der Waals surface area contributed by atoms with Crippen molar-refractivity contribution in [2.45, 2.75) is 43.1 Å². The van der Waals surface area contributed by atoms with Gasteiger partial charge in [0.05, 0.1) is 0 Å². The van der Waals surface area contributed by atoms with Crippen molar-refractivity contribution in [2.24, 2.45) is 0 Å². The summed E-state index contributed by atoms with van der Waals surface area (Å²) in [6, 6.07) is 23.2. The molecule has 3 heteroatoms. The van der Waals surface area contributed by atoms with Gasteiger partial charge in [0, 0.05) is 9.92 Å². The molecule has 3 aromatic carbocycles. The van der Waals surface area contributed by atoms with Crippen molar-refractivity contribution < 1.29 is 4.74 Å². The van der Waals surface area contributed by atoms with Crippen LogP contribution in [0.1, 0.15) is 42.7 Å². The van der Waals surface area contributed by atoms with Crippen LogP contribution in [-0.4, -0.2) is 6.26 Å². The largest absolute Gasteiger partial charge is 0.489 e. The van der Waals surface area contributed by atoms with Gasteiger partial charge in [0.25, 0.3) is 0 Å². The van der Waals surface area contributed by atoms with Crippen LogP contribution >= 0.6 is 23.4 Å². The normalized spacial score (nSPS) is 14.7. The molecule has 1 radical (unpaired) electrons. The highest BCUT2D eigenvalue weighted by atomic mass is 35.5. The quantitative estimate of drug-likeness (QED) is 0.371. The molecule has 0 heterocycles. The van der Waals surface area contributed by atoms with E-state index in [2.05, 4.69) is 67.3 Å². The summed E-state index contributed by atoms with van der Waals surface area (Å²) < 4.78 is 6.17. The second-order valence-electron chi connectivity index (χ2n) is 7.51. The molecule has 1 fully saturated rings. The van der Waals surface area contributed by atoms with E-state index in [9.17, 15) is 0 Å². The van der Waals surface area contributed by atoms with E-state index < -0.39 is 0 Å². The molecule has 29 heavy (non-hydrogen) atoms. The molecular weight excluding hydrogens is 396 g/mol. The molecular formula is C26H26ClOS. The summed E-state index contributed by atoms with van der Waals surface area (Å²) >= 11 is 7.81. The molecule has 1 nitrogen and oxygen atoms in total. The Kier molecular flexibility index (Phi) is 6.84. The van der Waals surface area contributed by atoms with Crippen LogP contribution in [0.15, 0.2) is 71.6 Å². The number of thioether (sulfide) groups is 1. The third-order valence-electron chi connectivity index (χ3n) is 5.59. The molecule has 0 bridgehead atoms. The van der Waals surface area contributed by atoms with Gasteiger partial charge in [-0.2, -0.15) is 0 Å². The Bertz CT molecular complexity index is 928. The van der Waals surface area contributed by atoms with Crippen LogP contribution in [0.25, 0.3) is 11.1 Å². The Hall–Kier alpha value is -1.90. The predicted octanol–water partition coefficient (Wildman–Crippen LogP) is 8.17. The molecule has 0 amide bonds. The SMILES string of the molecule is CSc1ccc(-c2ccc(Cl)cc2)c(COc2ccc(C3[CH]CCCC3)cc2)c1. The Morgan fingerprint density at radius 3 is 2.45 bits per heavy atom. The highest BCUT2D eigenvalue weighted by Crippen LogP contribution is 2.33. The maximum atomic E-state index is 6.17. The zero-order chi connectivity index (χ0) is 20.1. The summed E-state index contributed by atoms with van der Waals surface area (Å²) in [4.78, 5) is 1.24. The third-order valence-corrected chi connectivity index (χ3v) is 6.57. The zero-order valence-corrected chi connectivity index (χ0v) is 18.3. The standard InChI is InChI=1S/C26H26ClOS/c1-29-25-15-16-26(21-7-11-23(27)12-8-21)22(17-25)18-28-24-13-9-20(10-14-24)19-5-3-2-4-6-19/h5,7-17,19H,2-4,6,18H2,1H3. The van der Waals surface area contributed by atoms with Crippen molar-refractivity contribution in [1.29, 1.82) is 0 Å². The van der Waals surface area contributed by atoms with Gasteiger partial charge in [-0.3, -0.25) is 0 Å². The monoisotopic (exact) mass is 421 g/mol. The fourth-order valence-corrected chi connectivity index (χ4v) is 4.54.